The molecule has 0 atom stereocenters. The smallest absolute Gasteiger partial charge is 0.187 e. The molecule has 0 amide bonds. The van der Waals surface area contributed by atoms with Gasteiger partial charge in [-0.3, -0.25) is 0 Å². The first kappa shape index (κ1) is 7.82. The highest BCUT2D eigenvalue weighted by molar-refractivity contribution is 5.74. The van der Waals surface area contributed by atoms with E-state index in [-0.39, 0.29) is 0 Å². The van der Waals surface area contributed by atoms with Gasteiger partial charge in [0, 0.05) is 17.5 Å². The summed E-state index contributed by atoms with van der Waals surface area (Å²) in [6.45, 7) is 0.626. The molecule has 1 aromatic heterocycles. The summed E-state index contributed by atoms with van der Waals surface area (Å²) in [6.07, 6.45) is 7.28. The molecule has 0 saturated heterocycles. The number of aromatic nitrogens is 1. The Morgan fingerprint density at radius 3 is 2.77 bits per heavy atom. The number of hydrogen-bond donors (Lipinski definition) is 0. The van der Waals surface area contributed by atoms with E-state index in [9.17, 15) is 0 Å². The molecule has 0 aliphatic carbocycles. The van der Waals surface area contributed by atoms with Crippen LogP contribution in [0, 0.1) is 12.3 Å². The van der Waals surface area contributed by atoms with Crippen molar-refractivity contribution in [1.29, 1.82) is 0 Å². The molecule has 0 saturated carbocycles. The Hall–Kier alpha value is -1.81. The van der Waals surface area contributed by atoms with Gasteiger partial charge in [-0.1, -0.05) is 12.1 Å². The van der Waals surface area contributed by atoms with Gasteiger partial charge in [0.25, 0.3) is 0 Å². The summed E-state index contributed by atoms with van der Waals surface area (Å²) in [5.41, 5.74) is 1.18. The summed E-state index contributed by atoms with van der Waals surface area (Å²) in [4.78, 5) is 0. The number of fused-ring (bicyclic) bond motifs is 1. The minimum absolute atomic E-state index is 0.626. The molecular weight excluding hydrogens is 158 g/mol. The van der Waals surface area contributed by atoms with Crippen molar-refractivity contribution in [3.8, 4) is 12.3 Å². The average Bonchev–Trinajstić information content (AvgIpc) is 2.19. The minimum Gasteiger partial charge on any atom is -0.187 e. The molecule has 0 aliphatic heterocycles. The highest BCUT2D eigenvalue weighted by Crippen LogP contribution is 2.07. The number of terminal acetylenes is 1. The Kier molecular flexibility index (Phi) is 1.97. The van der Waals surface area contributed by atoms with Crippen LogP contribution in [0.4, 0.5) is 0 Å². The number of rotatable bonds is 1. The normalized spacial score (nSPS) is 9.77. The Morgan fingerprint density at radius 2 is 1.92 bits per heavy atom. The van der Waals surface area contributed by atoms with Crippen LogP contribution in [0.3, 0.4) is 0 Å². The van der Waals surface area contributed by atoms with E-state index < -0.39 is 0 Å². The van der Waals surface area contributed by atoms with E-state index >= 15 is 0 Å². The molecule has 1 heterocycles. The van der Waals surface area contributed by atoms with Gasteiger partial charge in [0.2, 0.25) is 12.1 Å². The first-order chi connectivity index (χ1) is 6.42. The van der Waals surface area contributed by atoms with Crippen molar-refractivity contribution in [3.63, 3.8) is 0 Å². The van der Waals surface area contributed by atoms with E-state index in [2.05, 4.69) is 28.7 Å². The van der Waals surface area contributed by atoms with Crippen LogP contribution in [-0.4, -0.2) is 0 Å². The van der Waals surface area contributed by atoms with Crippen molar-refractivity contribution in [2.45, 2.75) is 6.54 Å². The minimum atomic E-state index is 0.626. The van der Waals surface area contributed by atoms with Crippen LogP contribution < -0.4 is 4.57 Å². The number of pyridine rings is 1. The van der Waals surface area contributed by atoms with E-state index in [4.69, 9.17) is 6.42 Å². The van der Waals surface area contributed by atoms with Crippen LogP contribution >= 0.6 is 0 Å². The van der Waals surface area contributed by atoms with Crippen LogP contribution in [0.2, 0.25) is 0 Å². The predicted molar refractivity (Wildman–Crippen MR) is 53.0 cm³/mol. The lowest BCUT2D eigenvalue weighted by molar-refractivity contribution is -0.658. The van der Waals surface area contributed by atoms with Gasteiger partial charge in [-0.2, -0.15) is 4.57 Å². The summed E-state index contributed by atoms with van der Waals surface area (Å²) < 4.78 is 2.06. The Labute approximate surface area is 77.6 Å². The lowest BCUT2D eigenvalue weighted by Gasteiger charge is -1.96. The predicted octanol–water partition coefficient (Wildman–Crippen LogP) is 1.76. The van der Waals surface area contributed by atoms with Crippen molar-refractivity contribution < 1.29 is 4.57 Å². The number of hydrogen-bond acceptors (Lipinski definition) is 0. The monoisotopic (exact) mass is 168 g/mol. The molecule has 1 heteroatoms. The molecule has 0 unspecified atom stereocenters. The van der Waals surface area contributed by atoms with E-state index in [1.807, 2.05) is 24.4 Å². The fraction of sp³-hybridized carbons (Fsp3) is 0.0833. The largest absolute Gasteiger partial charge is 0.213 e. The van der Waals surface area contributed by atoms with Crippen molar-refractivity contribution in [2.75, 3.05) is 0 Å². The average molecular weight is 168 g/mol. The number of benzene rings is 1. The maximum atomic E-state index is 5.28. The third-order valence-electron chi connectivity index (χ3n) is 2.05. The second-order valence-corrected chi connectivity index (χ2v) is 2.90. The van der Waals surface area contributed by atoms with Crippen molar-refractivity contribution in [1.82, 2.24) is 0 Å². The van der Waals surface area contributed by atoms with Crippen LogP contribution in [0.5, 0.6) is 0 Å². The fourth-order valence-corrected chi connectivity index (χ4v) is 1.46. The van der Waals surface area contributed by atoms with Crippen molar-refractivity contribution in [3.05, 3.63) is 42.6 Å². The van der Waals surface area contributed by atoms with Gasteiger partial charge >= 0.3 is 0 Å². The molecule has 62 valence electrons. The molecule has 2 rings (SSSR count). The van der Waals surface area contributed by atoms with Crippen molar-refractivity contribution in [2.24, 2.45) is 0 Å². The third kappa shape index (κ3) is 1.39. The fourth-order valence-electron chi connectivity index (χ4n) is 1.46. The van der Waals surface area contributed by atoms with Gasteiger partial charge in [0.05, 0.1) is 0 Å². The number of para-hydroxylation sites is 1. The summed E-state index contributed by atoms with van der Waals surface area (Å²) >= 11 is 0. The Morgan fingerprint density at radius 1 is 1.15 bits per heavy atom. The zero-order valence-electron chi connectivity index (χ0n) is 7.27. The zero-order chi connectivity index (χ0) is 9.10. The Bertz CT molecular complexity index is 461. The van der Waals surface area contributed by atoms with Gasteiger partial charge in [0.15, 0.2) is 6.20 Å². The third-order valence-corrected chi connectivity index (χ3v) is 2.05. The highest BCUT2D eigenvalue weighted by atomic mass is 14.9. The van der Waals surface area contributed by atoms with Crippen molar-refractivity contribution >= 4 is 10.9 Å². The van der Waals surface area contributed by atoms with E-state index in [0.29, 0.717) is 6.54 Å². The summed E-state index contributed by atoms with van der Waals surface area (Å²) in [7, 11) is 0. The molecule has 0 aliphatic rings. The number of nitrogens with zero attached hydrogens (tertiary/aromatic N) is 1. The molecule has 13 heavy (non-hydrogen) atoms. The quantitative estimate of drug-likeness (QED) is 0.451. The highest BCUT2D eigenvalue weighted by Gasteiger charge is 2.03. The molecule has 0 radical (unpaired) electrons. The standard InChI is InChI=1S/C12H10N/c1-2-9-13-10-5-7-11-6-3-4-8-12(11)13/h1,3-8,10H,9H2/q+1. The van der Waals surface area contributed by atoms with Gasteiger partial charge in [-0.25, -0.2) is 0 Å². The zero-order valence-corrected chi connectivity index (χ0v) is 7.27. The van der Waals surface area contributed by atoms with E-state index in [1.165, 1.54) is 10.9 Å². The molecule has 0 bridgehead atoms. The lowest BCUT2D eigenvalue weighted by atomic mass is 10.2. The molecule has 0 fully saturated rings. The molecule has 0 spiro atoms. The second kappa shape index (κ2) is 3.28. The first-order valence-electron chi connectivity index (χ1n) is 4.22. The lowest BCUT2D eigenvalue weighted by Crippen LogP contribution is -2.33. The maximum absolute atomic E-state index is 5.28. The van der Waals surface area contributed by atoms with Crippen LogP contribution in [-0.2, 0) is 6.54 Å². The topological polar surface area (TPSA) is 3.88 Å². The molecule has 1 aromatic carbocycles. The Balaban J connectivity index is 2.70. The van der Waals surface area contributed by atoms with E-state index in [0.717, 1.165) is 0 Å². The van der Waals surface area contributed by atoms with Crippen LogP contribution in [0.25, 0.3) is 10.9 Å². The molecule has 1 nitrogen and oxygen atoms in total. The van der Waals surface area contributed by atoms with E-state index in [1.54, 1.807) is 0 Å². The first-order valence-corrected chi connectivity index (χ1v) is 4.22. The molecule has 0 N–H and O–H groups in total. The van der Waals surface area contributed by atoms with Crippen LogP contribution in [0.15, 0.2) is 42.6 Å². The molecular formula is C12H10N+. The molecule has 2 aromatic rings. The van der Waals surface area contributed by atoms with Gasteiger partial charge < -0.3 is 0 Å². The summed E-state index contributed by atoms with van der Waals surface area (Å²) in [6, 6.07) is 12.3. The van der Waals surface area contributed by atoms with Gasteiger partial charge in [-0.05, 0) is 18.1 Å². The van der Waals surface area contributed by atoms with Gasteiger partial charge in [0.1, 0.15) is 0 Å². The van der Waals surface area contributed by atoms with Crippen LogP contribution in [0.1, 0.15) is 0 Å². The second-order valence-electron chi connectivity index (χ2n) is 2.90. The summed E-state index contributed by atoms with van der Waals surface area (Å²) in [5, 5.41) is 1.22. The SMILES string of the molecule is C#CC[n+]1cccc2ccccc21. The van der Waals surface area contributed by atoms with Gasteiger partial charge in [-0.15, -0.1) is 6.42 Å². The maximum Gasteiger partial charge on any atom is 0.213 e. The summed E-state index contributed by atoms with van der Waals surface area (Å²) in [5.74, 6) is 2.64.